The zero-order valence-corrected chi connectivity index (χ0v) is 12.5. The fourth-order valence-electron chi connectivity index (χ4n) is 3.35. The summed E-state index contributed by atoms with van der Waals surface area (Å²) in [7, 11) is 0. The Morgan fingerprint density at radius 2 is 2.11 bits per heavy atom. The number of likely N-dealkylation sites (tertiary alicyclic amines) is 1. The van der Waals surface area contributed by atoms with Gasteiger partial charge in [-0.05, 0) is 38.0 Å². The number of β-amino-alcohol motifs (C(OH)–C–C–N with tert-alkyl or cyclic N) is 1. The normalized spacial score (nSPS) is 27.0. The van der Waals surface area contributed by atoms with Gasteiger partial charge >= 0.3 is 0 Å². The molecule has 4 heteroatoms. The Bertz CT molecular complexity index is 311. The van der Waals surface area contributed by atoms with Crippen LogP contribution in [0.5, 0.6) is 0 Å². The number of rotatable bonds is 4. The van der Waals surface area contributed by atoms with Crippen molar-refractivity contribution in [2.75, 3.05) is 26.2 Å². The molecule has 19 heavy (non-hydrogen) atoms. The van der Waals surface area contributed by atoms with Crippen LogP contribution in [0.1, 0.15) is 52.4 Å². The Hall–Kier alpha value is -0.770. The van der Waals surface area contributed by atoms with E-state index in [2.05, 4.69) is 24.1 Å². The lowest BCUT2D eigenvalue weighted by Gasteiger charge is -2.27. The third-order valence-electron chi connectivity index (χ3n) is 4.78. The molecular weight excluding hydrogens is 238 g/mol. The summed E-state index contributed by atoms with van der Waals surface area (Å²) in [4.78, 5) is 7.08. The van der Waals surface area contributed by atoms with Gasteiger partial charge in [0.05, 0.1) is 6.10 Å². The number of hydrogen-bond acceptors (Lipinski definition) is 2. The summed E-state index contributed by atoms with van der Waals surface area (Å²) in [6.45, 7) is 7.89. The average molecular weight is 267 g/mol. The first-order valence-electron chi connectivity index (χ1n) is 7.90. The van der Waals surface area contributed by atoms with Crippen molar-refractivity contribution in [2.45, 2.75) is 58.5 Å². The van der Waals surface area contributed by atoms with E-state index in [1.54, 1.807) is 0 Å². The van der Waals surface area contributed by atoms with Gasteiger partial charge in [0, 0.05) is 26.2 Å². The fourth-order valence-corrected chi connectivity index (χ4v) is 3.35. The molecule has 1 atom stereocenters. The summed E-state index contributed by atoms with van der Waals surface area (Å²) >= 11 is 0. The van der Waals surface area contributed by atoms with E-state index < -0.39 is 0 Å². The first-order valence-corrected chi connectivity index (χ1v) is 7.90. The Kier molecular flexibility index (Phi) is 5.08. The first-order chi connectivity index (χ1) is 9.19. The van der Waals surface area contributed by atoms with E-state index in [1.807, 2.05) is 0 Å². The second-order valence-corrected chi connectivity index (χ2v) is 6.12. The maximum Gasteiger partial charge on any atom is 0.194 e. The van der Waals surface area contributed by atoms with Crippen LogP contribution in [0.15, 0.2) is 4.99 Å². The summed E-state index contributed by atoms with van der Waals surface area (Å²) in [5.74, 6) is 0.999. The first kappa shape index (κ1) is 14.6. The van der Waals surface area contributed by atoms with Gasteiger partial charge in [0.1, 0.15) is 0 Å². The molecule has 0 radical (unpaired) electrons. The molecule has 2 fully saturated rings. The van der Waals surface area contributed by atoms with Crippen LogP contribution in [0, 0.1) is 5.41 Å². The van der Waals surface area contributed by atoms with E-state index >= 15 is 0 Å². The van der Waals surface area contributed by atoms with Gasteiger partial charge in [0.2, 0.25) is 0 Å². The lowest BCUT2D eigenvalue weighted by Crippen LogP contribution is -2.41. The second kappa shape index (κ2) is 6.60. The Morgan fingerprint density at radius 3 is 2.63 bits per heavy atom. The molecule has 2 rings (SSSR count). The zero-order chi connectivity index (χ0) is 13.7. The number of aliphatic imine (C=N–C) groups is 1. The van der Waals surface area contributed by atoms with Crippen LogP contribution in [0.2, 0.25) is 0 Å². The van der Waals surface area contributed by atoms with Crippen molar-refractivity contribution in [3.05, 3.63) is 0 Å². The van der Waals surface area contributed by atoms with Gasteiger partial charge in [-0.1, -0.05) is 19.8 Å². The van der Waals surface area contributed by atoms with Crippen LogP contribution in [0.3, 0.4) is 0 Å². The summed E-state index contributed by atoms with van der Waals surface area (Å²) in [6, 6.07) is 0. The van der Waals surface area contributed by atoms with Gasteiger partial charge in [0.15, 0.2) is 5.96 Å². The van der Waals surface area contributed by atoms with E-state index in [4.69, 9.17) is 4.99 Å². The van der Waals surface area contributed by atoms with Crippen molar-refractivity contribution in [2.24, 2.45) is 10.4 Å². The summed E-state index contributed by atoms with van der Waals surface area (Å²) in [6.07, 6.45) is 7.30. The minimum absolute atomic E-state index is 0.185. The monoisotopic (exact) mass is 267 g/mol. The van der Waals surface area contributed by atoms with Crippen LogP contribution in [0.25, 0.3) is 0 Å². The quantitative estimate of drug-likeness (QED) is 0.605. The van der Waals surface area contributed by atoms with Crippen LogP contribution >= 0.6 is 0 Å². The van der Waals surface area contributed by atoms with Crippen molar-refractivity contribution in [1.29, 1.82) is 0 Å². The molecule has 0 unspecified atom stereocenters. The van der Waals surface area contributed by atoms with E-state index in [1.165, 1.54) is 32.1 Å². The van der Waals surface area contributed by atoms with Crippen LogP contribution in [-0.2, 0) is 0 Å². The molecular formula is C15H29N3O. The predicted molar refractivity (Wildman–Crippen MR) is 79.4 cm³/mol. The van der Waals surface area contributed by atoms with E-state index in [0.717, 1.165) is 38.6 Å². The third-order valence-corrected chi connectivity index (χ3v) is 4.78. The minimum Gasteiger partial charge on any atom is -0.391 e. The zero-order valence-electron chi connectivity index (χ0n) is 12.5. The summed E-state index contributed by atoms with van der Waals surface area (Å²) in [5.41, 5.74) is 0.443. The number of aliphatic hydroxyl groups is 1. The molecule has 0 bridgehead atoms. The number of nitrogens with zero attached hydrogens (tertiary/aromatic N) is 2. The second-order valence-electron chi connectivity index (χ2n) is 6.12. The number of nitrogens with one attached hydrogen (secondary N) is 1. The maximum absolute atomic E-state index is 9.67. The molecule has 1 aliphatic heterocycles. The Labute approximate surface area is 117 Å². The number of aliphatic hydroxyl groups excluding tert-OH is 1. The fraction of sp³-hybridized carbons (Fsp3) is 0.933. The highest BCUT2D eigenvalue weighted by molar-refractivity contribution is 5.80. The summed E-state index contributed by atoms with van der Waals surface area (Å²) in [5, 5.41) is 13.0. The molecule has 4 nitrogen and oxygen atoms in total. The highest BCUT2D eigenvalue weighted by atomic mass is 16.3. The van der Waals surface area contributed by atoms with Crippen molar-refractivity contribution in [1.82, 2.24) is 10.2 Å². The van der Waals surface area contributed by atoms with Crippen molar-refractivity contribution < 1.29 is 5.11 Å². The molecule has 1 saturated heterocycles. The smallest absolute Gasteiger partial charge is 0.194 e. The molecule has 2 N–H and O–H groups in total. The number of hydrogen-bond donors (Lipinski definition) is 2. The van der Waals surface area contributed by atoms with E-state index in [-0.39, 0.29) is 6.10 Å². The van der Waals surface area contributed by atoms with Gasteiger partial charge in [-0.2, -0.15) is 0 Å². The minimum atomic E-state index is -0.185. The highest BCUT2D eigenvalue weighted by Gasteiger charge is 2.32. The Morgan fingerprint density at radius 1 is 1.37 bits per heavy atom. The van der Waals surface area contributed by atoms with Crippen molar-refractivity contribution in [3.8, 4) is 0 Å². The maximum atomic E-state index is 9.67. The lowest BCUT2D eigenvalue weighted by atomic mass is 9.84. The van der Waals surface area contributed by atoms with E-state index in [0.29, 0.717) is 5.41 Å². The highest BCUT2D eigenvalue weighted by Crippen LogP contribution is 2.41. The van der Waals surface area contributed by atoms with Gasteiger partial charge in [-0.15, -0.1) is 0 Å². The molecule has 2 aliphatic rings. The molecule has 1 aliphatic carbocycles. The van der Waals surface area contributed by atoms with Crippen LogP contribution < -0.4 is 5.32 Å². The van der Waals surface area contributed by atoms with Gasteiger partial charge in [0.25, 0.3) is 0 Å². The average Bonchev–Trinajstić information content (AvgIpc) is 3.04. The van der Waals surface area contributed by atoms with Gasteiger partial charge < -0.3 is 15.3 Å². The summed E-state index contributed by atoms with van der Waals surface area (Å²) < 4.78 is 0. The van der Waals surface area contributed by atoms with Gasteiger partial charge in [-0.25, -0.2) is 0 Å². The lowest BCUT2D eigenvalue weighted by molar-refractivity contribution is 0.187. The van der Waals surface area contributed by atoms with E-state index in [9.17, 15) is 5.11 Å². The molecule has 0 aromatic heterocycles. The molecule has 1 heterocycles. The van der Waals surface area contributed by atoms with Crippen molar-refractivity contribution >= 4 is 5.96 Å². The Balaban J connectivity index is 1.99. The molecule has 0 amide bonds. The SMILES string of the molecule is CCNC(=NCC1(CC)CCCC1)N1CC[C@@H](O)C1. The molecule has 0 aromatic carbocycles. The molecule has 1 saturated carbocycles. The van der Waals surface area contributed by atoms with Crippen LogP contribution in [0.4, 0.5) is 0 Å². The topological polar surface area (TPSA) is 47.9 Å². The molecule has 110 valence electrons. The van der Waals surface area contributed by atoms with Gasteiger partial charge in [-0.3, -0.25) is 4.99 Å². The largest absolute Gasteiger partial charge is 0.391 e. The standard InChI is InChI=1S/C15H29N3O/c1-3-15(8-5-6-9-15)12-17-14(16-4-2)18-10-7-13(19)11-18/h13,19H,3-12H2,1-2H3,(H,16,17)/t13-/m1/s1. The third kappa shape index (κ3) is 3.62. The molecule has 0 aromatic rings. The van der Waals surface area contributed by atoms with Crippen LogP contribution in [-0.4, -0.2) is 48.2 Å². The molecule has 0 spiro atoms. The van der Waals surface area contributed by atoms with Crippen molar-refractivity contribution in [3.63, 3.8) is 0 Å². The predicted octanol–water partition coefficient (Wildman–Crippen LogP) is 1.99. The number of guanidine groups is 1.